The van der Waals surface area contributed by atoms with Crippen LogP contribution in [0.1, 0.15) is 47.6 Å². The zero-order valence-electron chi connectivity index (χ0n) is 12.5. The highest BCUT2D eigenvalue weighted by molar-refractivity contribution is 5.32. The van der Waals surface area contributed by atoms with E-state index in [1.54, 1.807) is 0 Å². The highest BCUT2D eigenvalue weighted by Gasteiger charge is 2.25. The minimum atomic E-state index is 0.299. The molecule has 1 saturated heterocycles. The Morgan fingerprint density at radius 3 is 2.82 bits per heavy atom. The second kappa shape index (κ2) is 6.18. The number of aromatic nitrogens is 2. The smallest absolute Gasteiger partial charge is 0.219 e. The van der Waals surface area contributed by atoms with Gasteiger partial charge in [0.1, 0.15) is 0 Å². The van der Waals surface area contributed by atoms with E-state index in [0.717, 1.165) is 38.4 Å². The highest BCUT2D eigenvalue weighted by Crippen LogP contribution is 2.30. The van der Waals surface area contributed by atoms with Crippen LogP contribution in [0.15, 0.2) is 28.7 Å². The molecule has 2 aliphatic heterocycles. The van der Waals surface area contributed by atoms with Crippen LogP contribution in [0.3, 0.4) is 0 Å². The molecular weight excluding hydrogens is 280 g/mol. The molecule has 5 nitrogen and oxygen atoms in total. The van der Waals surface area contributed by atoms with E-state index in [2.05, 4.69) is 34.5 Å². The highest BCUT2D eigenvalue weighted by atomic mass is 16.5. The summed E-state index contributed by atoms with van der Waals surface area (Å²) in [6.45, 7) is 2.98. The molecule has 0 spiro atoms. The molecule has 4 rings (SSSR count). The molecule has 1 aromatic carbocycles. The normalized spacial score (nSPS) is 22.5. The average Bonchev–Trinajstić information content (AvgIpc) is 3.05. The minimum absolute atomic E-state index is 0.299. The molecule has 0 radical (unpaired) electrons. The summed E-state index contributed by atoms with van der Waals surface area (Å²) in [7, 11) is 0. The topological polar surface area (TPSA) is 57.4 Å². The number of hydrogen-bond donors (Lipinski definition) is 0. The first kappa shape index (κ1) is 13.9. The van der Waals surface area contributed by atoms with E-state index in [-0.39, 0.29) is 0 Å². The Kier molecular flexibility index (Phi) is 3.91. The van der Waals surface area contributed by atoms with Gasteiger partial charge in [-0.15, -0.1) is 10.2 Å². The van der Waals surface area contributed by atoms with Crippen LogP contribution < -0.4 is 0 Å². The summed E-state index contributed by atoms with van der Waals surface area (Å²) < 4.78 is 17.0. The maximum absolute atomic E-state index is 5.91. The van der Waals surface area contributed by atoms with Gasteiger partial charge in [0.2, 0.25) is 11.8 Å². The van der Waals surface area contributed by atoms with Crippen LogP contribution in [0.5, 0.6) is 0 Å². The van der Waals surface area contributed by atoms with Crippen LogP contribution >= 0.6 is 0 Å². The Bertz CT molecular complexity index is 634. The first-order valence-electron chi connectivity index (χ1n) is 7.95. The van der Waals surface area contributed by atoms with Gasteiger partial charge in [0.25, 0.3) is 0 Å². The molecule has 0 N–H and O–H groups in total. The summed E-state index contributed by atoms with van der Waals surface area (Å²) in [6, 6.07) is 8.44. The van der Waals surface area contributed by atoms with Gasteiger partial charge in [-0.05, 0) is 24.0 Å². The molecule has 0 aliphatic carbocycles. The summed E-state index contributed by atoms with van der Waals surface area (Å²) in [5, 5.41) is 8.49. The predicted molar refractivity (Wildman–Crippen MR) is 79.6 cm³/mol. The molecule has 1 atom stereocenters. The average molecular weight is 300 g/mol. The summed E-state index contributed by atoms with van der Waals surface area (Å²) in [5.41, 5.74) is 2.61. The van der Waals surface area contributed by atoms with Gasteiger partial charge in [-0.3, -0.25) is 0 Å². The number of rotatable bonds is 3. The van der Waals surface area contributed by atoms with Crippen LogP contribution in [0.2, 0.25) is 0 Å². The van der Waals surface area contributed by atoms with E-state index in [1.165, 1.54) is 11.1 Å². The summed E-state index contributed by atoms with van der Waals surface area (Å²) in [5.74, 6) is 2.13. The van der Waals surface area contributed by atoms with Gasteiger partial charge >= 0.3 is 0 Å². The Balaban J connectivity index is 1.49. The van der Waals surface area contributed by atoms with Crippen molar-refractivity contribution in [2.24, 2.45) is 0 Å². The summed E-state index contributed by atoms with van der Waals surface area (Å²) in [4.78, 5) is 0. The summed E-state index contributed by atoms with van der Waals surface area (Å²) >= 11 is 0. The largest absolute Gasteiger partial charge is 0.425 e. The number of benzene rings is 1. The molecule has 1 unspecified atom stereocenters. The van der Waals surface area contributed by atoms with Crippen LogP contribution in [0.4, 0.5) is 0 Å². The molecule has 116 valence electrons. The van der Waals surface area contributed by atoms with Crippen LogP contribution in [0.25, 0.3) is 0 Å². The zero-order chi connectivity index (χ0) is 14.8. The molecule has 0 amide bonds. The lowest BCUT2D eigenvalue weighted by Gasteiger charge is -2.24. The van der Waals surface area contributed by atoms with Gasteiger partial charge in [-0.2, -0.15) is 0 Å². The molecule has 1 fully saturated rings. The standard InChI is InChI=1S/C17H20N2O3/c1-2-4-15-13(3-1)10-21-11-14(15)9-16-18-19-17(22-16)12-5-7-20-8-6-12/h1-4,12,14H,5-11H2. The Morgan fingerprint density at radius 1 is 1.05 bits per heavy atom. The first-order valence-corrected chi connectivity index (χ1v) is 7.95. The van der Waals surface area contributed by atoms with Gasteiger partial charge in [-0.25, -0.2) is 0 Å². The number of nitrogens with zero attached hydrogens (tertiary/aromatic N) is 2. The van der Waals surface area contributed by atoms with Crippen molar-refractivity contribution in [3.63, 3.8) is 0 Å². The SMILES string of the molecule is c1ccc2c(c1)COCC2Cc1nnc(C2CCOCC2)o1. The van der Waals surface area contributed by atoms with Crippen molar-refractivity contribution < 1.29 is 13.9 Å². The lowest BCUT2D eigenvalue weighted by molar-refractivity contribution is 0.0783. The Morgan fingerprint density at radius 2 is 1.91 bits per heavy atom. The molecule has 3 heterocycles. The van der Waals surface area contributed by atoms with Gasteiger partial charge in [0.05, 0.1) is 13.2 Å². The van der Waals surface area contributed by atoms with Crippen molar-refractivity contribution in [2.45, 2.75) is 37.7 Å². The van der Waals surface area contributed by atoms with E-state index in [4.69, 9.17) is 13.9 Å². The molecule has 5 heteroatoms. The molecule has 22 heavy (non-hydrogen) atoms. The lowest BCUT2D eigenvalue weighted by Crippen LogP contribution is -2.18. The molecular formula is C17H20N2O3. The van der Waals surface area contributed by atoms with E-state index in [9.17, 15) is 0 Å². The maximum Gasteiger partial charge on any atom is 0.219 e. The van der Waals surface area contributed by atoms with Crippen molar-refractivity contribution >= 4 is 0 Å². The zero-order valence-corrected chi connectivity index (χ0v) is 12.5. The van der Waals surface area contributed by atoms with Crippen LogP contribution in [0, 0.1) is 0 Å². The third kappa shape index (κ3) is 2.78. The third-order valence-electron chi connectivity index (χ3n) is 4.55. The van der Waals surface area contributed by atoms with Crippen LogP contribution in [-0.2, 0) is 22.5 Å². The van der Waals surface area contributed by atoms with Crippen LogP contribution in [-0.4, -0.2) is 30.0 Å². The van der Waals surface area contributed by atoms with Gasteiger partial charge in [0.15, 0.2) is 0 Å². The van der Waals surface area contributed by atoms with E-state index in [1.807, 2.05) is 0 Å². The molecule has 0 saturated carbocycles. The van der Waals surface area contributed by atoms with Crippen molar-refractivity contribution in [1.82, 2.24) is 10.2 Å². The first-order chi connectivity index (χ1) is 10.9. The fourth-order valence-electron chi connectivity index (χ4n) is 3.30. The fraction of sp³-hybridized carbons (Fsp3) is 0.529. The number of fused-ring (bicyclic) bond motifs is 1. The van der Waals surface area contributed by atoms with Gasteiger partial charge in [0, 0.05) is 31.5 Å². The lowest BCUT2D eigenvalue weighted by atomic mass is 9.90. The number of ether oxygens (including phenoxy) is 2. The molecule has 1 aromatic heterocycles. The van der Waals surface area contributed by atoms with E-state index >= 15 is 0 Å². The second-order valence-corrected chi connectivity index (χ2v) is 6.04. The summed E-state index contributed by atoms with van der Waals surface area (Å²) in [6.07, 6.45) is 2.68. The van der Waals surface area contributed by atoms with Gasteiger partial charge in [-0.1, -0.05) is 24.3 Å². The second-order valence-electron chi connectivity index (χ2n) is 6.04. The number of hydrogen-bond acceptors (Lipinski definition) is 5. The predicted octanol–water partition coefficient (Wildman–Crippen LogP) is 2.82. The maximum atomic E-state index is 5.91. The molecule has 2 aliphatic rings. The Labute approximate surface area is 129 Å². The van der Waals surface area contributed by atoms with Gasteiger partial charge < -0.3 is 13.9 Å². The quantitative estimate of drug-likeness (QED) is 0.872. The fourth-order valence-corrected chi connectivity index (χ4v) is 3.30. The van der Waals surface area contributed by atoms with Crippen molar-refractivity contribution in [1.29, 1.82) is 0 Å². The molecule has 0 bridgehead atoms. The molecule has 2 aromatic rings. The monoisotopic (exact) mass is 300 g/mol. The van der Waals surface area contributed by atoms with Crippen molar-refractivity contribution in [3.05, 3.63) is 47.2 Å². The van der Waals surface area contributed by atoms with E-state index < -0.39 is 0 Å². The van der Waals surface area contributed by atoms with Crippen molar-refractivity contribution in [2.75, 3.05) is 19.8 Å². The minimum Gasteiger partial charge on any atom is -0.425 e. The third-order valence-corrected chi connectivity index (χ3v) is 4.55. The Hall–Kier alpha value is -1.72. The van der Waals surface area contributed by atoms with E-state index in [0.29, 0.717) is 30.9 Å². The van der Waals surface area contributed by atoms with Crippen molar-refractivity contribution in [3.8, 4) is 0 Å².